The summed E-state index contributed by atoms with van der Waals surface area (Å²) in [5.74, 6) is 1.27. The number of H-pyrrole nitrogens is 1. The molecule has 0 radical (unpaired) electrons. The molecule has 0 aliphatic rings. The van der Waals surface area contributed by atoms with Crippen LogP contribution in [0.2, 0.25) is 0 Å². The molecule has 0 unspecified atom stereocenters. The number of hydrogen-bond donors (Lipinski definition) is 2. The van der Waals surface area contributed by atoms with Crippen LogP contribution in [0, 0.1) is 0 Å². The van der Waals surface area contributed by atoms with Crippen molar-refractivity contribution in [3.05, 3.63) is 24.0 Å². The minimum absolute atomic E-state index is 0.556. The summed E-state index contributed by atoms with van der Waals surface area (Å²) in [6.07, 6.45) is 5.32. The molecule has 17 heavy (non-hydrogen) atoms. The van der Waals surface area contributed by atoms with Gasteiger partial charge in [0.1, 0.15) is 11.6 Å². The average molecular weight is 232 g/mol. The fraction of sp³-hybridized carbons (Fsp3) is 0.333. The molecular weight excluding hydrogens is 216 g/mol. The van der Waals surface area contributed by atoms with Gasteiger partial charge >= 0.3 is 0 Å². The molecule has 0 aromatic carbocycles. The van der Waals surface area contributed by atoms with E-state index in [9.17, 15) is 0 Å². The fourth-order valence-electron chi connectivity index (χ4n) is 1.85. The molecule has 2 aromatic rings. The number of pyridine rings is 1. The van der Waals surface area contributed by atoms with Gasteiger partial charge in [-0.3, -0.25) is 10.1 Å². The maximum Gasteiger partial charge on any atom is 0.149 e. The predicted molar refractivity (Wildman–Crippen MR) is 66.8 cm³/mol. The Balaban J connectivity index is 2.52. The van der Waals surface area contributed by atoms with Gasteiger partial charge in [0.2, 0.25) is 0 Å². The molecule has 5 heteroatoms. The fourth-order valence-corrected chi connectivity index (χ4v) is 1.85. The number of nitrogen functional groups attached to an aromatic ring is 1. The number of anilines is 1. The van der Waals surface area contributed by atoms with Crippen LogP contribution < -0.4 is 10.5 Å². The summed E-state index contributed by atoms with van der Waals surface area (Å²) < 4.78 is 5.29. The van der Waals surface area contributed by atoms with Crippen LogP contribution in [0.1, 0.15) is 18.9 Å². The number of aromatic nitrogens is 3. The average Bonchev–Trinajstić information content (AvgIpc) is 2.72. The minimum atomic E-state index is 0.556. The molecule has 0 aliphatic heterocycles. The summed E-state index contributed by atoms with van der Waals surface area (Å²) in [6.45, 7) is 2.11. The van der Waals surface area contributed by atoms with E-state index >= 15 is 0 Å². The van der Waals surface area contributed by atoms with E-state index in [-0.39, 0.29) is 0 Å². The van der Waals surface area contributed by atoms with Crippen molar-refractivity contribution in [2.24, 2.45) is 0 Å². The molecule has 0 amide bonds. The Morgan fingerprint density at radius 2 is 2.29 bits per heavy atom. The van der Waals surface area contributed by atoms with Crippen molar-refractivity contribution < 1.29 is 4.74 Å². The first kappa shape index (κ1) is 11.4. The highest BCUT2D eigenvalue weighted by atomic mass is 16.5. The number of aromatic amines is 1. The molecule has 5 nitrogen and oxygen atoms in total. The largest absolute Gasteiger partial charge is 0.494 e. The Hall–Kier alpha value is -2.04. The Morgan fingerprint density at radius 1 is 1.47 bits per heavy atom. The van der Waals surface area contributed by atoms with E-state index in [2.05, 4.69) is 22.1 Å². The summed E-state index contributed by atoms with van der Waals surface area (Å²) in [6, 6.07) is 1.89. The smallest absolute Gasteiger partial charge is 0.149 e. The number of nitrogens with two attached hydrogens (primary N) is 1. The van der Waals surface area contributed by atoms with Crippen molar-refractivity contribution >= 4 is 5.82 Å². The molecule has 0 saturated carbocycles. The number of nitrogens with zero attached hydrogens (tertiary/aromatic N) is 2. The van der Waals surface area contributed by atoms with Crippen molar-refractivity contribution in [3.8, 4) is 17.0 Å². The summed E-state index contributed by atoms with van der Waals surface area (Å²) in [5.41, 5.74) is 8.76. The van der Waals surface area contributed by atoms with Gasteiger partial charge in [-0.15, -0.1) is 0 Å². The highest BCUT2D eigenvalue weighted by Gasteiger charge is 2.15. The lowest BCUT2D eigenvalue weighted by Crippen LogP contribution is -1.94. The first-order chi connectivity index (χ1) is 8.27. The second kappa shape index (κ2) is 4.86. The summed E-state index contributed by atoms with van der Waals surface area (Å²) in [5, 5.41) is 7.03. The first-order valence-electron chi connectivity index (χ1n) is 5.59. The molecule has 0 bridgehead atoms. The third kappa shape index (κ3) is 2.08. The van der Waals surface area contributed by atoms with Crippen LogP contribution in [0.5, 0.6) is 5.75 Å². The molecule has 0 fully saturated rings. The van der Waals surface area contributed by atoms with Gasteiger partial charge in [0.05, 0.1) is 19.0 Å². The molecular formula is C12H16N4O. The third-order valence-corrected chi connectivity index (χ3v) is 2.67. The Bertz CT molecular complexity index is 507. The van der Waals surface area contributed by atoms with Crippen LogP contribution in [0.3, 0.4) is 0 Å². The van der Waals surface area contributed by atoms with Crippen molar-refractivity contribution in [2.75, 3.05) is 12.8 Å². The normalized spacial score (nSPS) is 10.5. The maximum atomic E-state index is 5.86. The van der Waals surface area contributed by atoms with Crippen LogP contribution in [-0.4, -0.2) is 22.3 Å². The zero-order chi connectivity index (χ0) is 12.3. The minimum Gasteiger partial charge on any atom is -0.494 e. The van der Waals surface area contributed by atoms with Crippen LogP contribution in [0.25, 0.3) is 11.3 Å². The number of ether oxygens (including phenoxy) is 1. The molecule has 3 N–H and O–H groups in total. The second-order valence-corrected chi connectivity index (χ2v) is 3.79. The topological polar surface area (TPSA) is 76.8 Å². The van der Waals surface area contributed by atoms with Gasteiger partial charge in [0.15, 0.2) is 0 Å². The molecule has 2 aromatic heterocycles. The summed E-state index contributed by atoms with van der Waals surface area (Å²) in [4.78, 5) is 4.03. The number of methoxy groups -OCH3 is 1. The van der Waals surface area contributed by atoms with Gasteiger partial charge in [-0.1, -0.05) is 13.3 Å². The quantitative estimate of drug-likeness (QED) is 0.845. The molecule has 0 saturated heterocycles. The van der Waals surface area contributed by atoms with Crippen molar-refractivity contribution in [1.82, 2.24) is 15.2 Å². The SMILES string of the molecule is CCCc1c(N)n[nH]c1-c1ccncc1OC. The number of nitrogens with one attached hydrogen (secondary N) is 1. The standard InChI is InChI=1S/C12H16N4O/c1-3-4-9-11(15-16-12(9)13)8-5-6-14-7-10(8)17-2/h5-7H,3-4H2,1-2H3,(H3,13,15,16). The van der Waals surface area contributed by atoms with Crippen molar-refractivity contribution in [3.63, 3.8) is 0 Å². The van der Waals surface area contributed by atoms with Gasteiger partial charge in [0.25, 0.3) is 0 Å². The van der Waals surface area contributed by atoms with E-state index in [0.29, 0.717) is 11.6 Å². The zero-order valence-electron chi connectivity index (χ0n) is 10.0. The number of rotatable bonds is 4. The Morgan fingerprint density at radius 3 is 3.00 bits per heavy atom. The van der Waals surface area contributed by atoms with Gasteiger partial charge < -0.3 is 10.5 Å². The summed E-state index contributed by atoms with van der Waals surface area (Å²) in [7, 11) is 1.62. The lowest BCUT2D eigenvalue weighted by Gasteiger charge is -2.07. The first-order valence-corrected chi connectivity index (χ1v) is 5.59. The van der Waals surface area contributed by atoms with E-state index in [4.69, 9.17) is 10.5 Å². The molecule has 2 rings (SSSR count). The van der Waals surface area contributed by atoms with Crippen LogP contribution in [0.15, 0.2) is 18.5 Å². The van der Waals surface area contributed by atoms with E-state index in [1.54, 1.807) is 19.5 Å². The molecule has 90 valence electrons. The van der Waals surface area contributed by atoms with Crippen molar-refractivity contribution in [1.29, 1.82) is 0 Å². The van der Waals surface area contributed by atoms with E-state index in [0.717, 1.165) is 29.7 Å². The monoisotopic (exact) mass is 232 g/mol. The predicted octanol–water partition coefficient (Wildman–Crippen LogP) is 2.01. The van der Waals surface area contributed by atoms with Crippen LogP contribution >= 0.6 is 0 Å². The Labute approximate surface area is 100 Å². The zero-order valence-corrected chi connectivity index (χ0v) is 10.0. The lowest BCUT2D eigenvalue weighted by atomic mass is 10.0. The van der Waals surface area contributed by atoms with Gasteiger partial charge in [0, 0.05) is 17.3 Å². The van der Waals surface area contributed by atoms with Crippen molar-refractivity contribution in [2.45, 2.75) is 19.8 Å². The van der Waals surface area contributed by atoms with Crippen LogP contribution in [0.4, 0.5) is 5.82 Å². The van der Waals surface area contributed by atoms with Gasteiger partial charge in [-0.2, -0.15) is 5.10 Å². The summed E-state index contributed by atoms with van der Waals surface area (Å²) >= 11 is 0. The highest BCUT2D eigenvalue weighted by molar-refractivity contribution is 5.72. The van der Waals surface area contributed by atoms with Gasteiger partial charge in [-0.05, 0) is 12.5 Å². The molecule has 0 atom stereocenters. The van der Waals surface area contributed by atoms with E-state index in [1.807, 2.05) is 6.07 Å². The third-order valence-electron chi connectivity index (χ3n) is 2.67. The molecule has 0 spiro atoms. The lowest BCUT2D eigenvalue weighted by molar-refractivity contribution is 0.414. The van der Waals surface area contributed by atoms with E-state index in [1.165, 1.54) is 0 Å². The Kier molecular flexibility index (Phi) is 3.27. The maximum absolute atomic E-state index is 5.86. The van der Waals surface area contributed by atoms with E-state index < -0.39 is 0 Å². The van der Waals surface area contributed by atoms with Crippen LogP contribution in [-0.2, 0) is 6.42 Å². The van der Waals surface area contributed by atoms with Gasteiger partial charge in [-0.25, -0.2) is 0 Å². The molecule has 0 aliphatic carbocycles. The number of hydrogen-bond acceptors (Lipinski definition) is 4. The highest BCUT2D eigenvalue weighted by Crippen LogP contribution is 2.32. The second-order valence-electron chi connectivity index (χ2n) is 3.79. The molecule has 2 heterocycles.